The van der Waals surface area contributed by atoms with Crippen molar-refractivity contribution in [2.24, 2.45) is 5.92 Å². The molecule has 2 aromatic carbocycles. The largest absolute Gasteiger partial charge is 0.487 e. The molecule has 0 aliphatic heterocycles. The molecule has 0 spiro atoms. The van der Waals surface area contributed by atoms with Crippen molar-refractivity contribution in [2.45, 2.75) is 32.8 Å². The van der Waals surface area contributed by atoms with E-state index in [4.69, 9.17) is 4.74 Å². The highest BCUT2D eigenvalue weighted by Crippen LogP contribution is 2.31. The Balaban J connectivity index is 1.78. The van der Waals surface area contributed by atoms with Gasteiger partial charge in [-0.25, -0.2) is 0 Å². The number of amides is 1. The predicted molar refractivity (Wildman–Crippen MR) is 93.2 cm³/mol. The highest BCUT2D eigenvalue weighted by Gasteiger charge is 2.26. The van der Waals surface area contributed by atoms with Crippen LogP contribution in [0, 0.1) is 5.92 Å². The van der Waals surface area contributed by atoms with Gasteiger partial charge in [0.1, 0.15) is 12.4 Å². The molecular formula is C20H21NO3. The van der Waals surface area contributed by atoms with E-state index in [2.05, 4.69) is 5.32 Å². The van der Waals surface area contributed by atoms with Gasteiger partial charge in [-0.1, -0.05) is 36.8 Å². The fourth-order valence-electron chi connectivity index (χ4n) is 2.61. The topological polar surface area (TPSA) is 55.4 Å². The molecule has 1 aliphatic rings. The molecule has 4 heteroatoms. The zero-order valence-electron chi connectivity index (χ0n) is 13.7. The van der Waals surface area contributed by atoms with E-state index in [1.54, 1.807) is 18.2 Å². The zero-order chi connectivity index (χ0) is 16.9. The summed E-state index contributed by atoms with van der Waals surface area (Å²) in [7, 11) is 0. The van der Waals surface area contributed by atoms with Gasteiger partial charge in [0.25, 0.3) is 0 Å². The third-order valence-electron chi connectivity index (χ3n) is 4.36. The molecule has 24 heavy (non-hydrogen) atoms. The number of anilines is 1. The number of carbonyl (C=O) groups excluding carboxylic acids is 2. The third kappa shape index (κ3) is 3.82. The minimum Gasteiger partial charge on any atom is -0.487 e. The smallest absolute Gasteiger partial charge is 0.227 e. The van der Waals surface area contributed by atoms with Gasteiger partial charge in [0.05, 0.1) is 5.69 Å². The molecular weight excluding hydrogens is 302 g/mol. The standard InChI is InChI=1S/C20H21NO3/c1-14(22)17-10-11-19(24-13-15-6-3-2-4-7-15)18(12-17)21-20(23)16-8-5-9-16/h2-4,6-7,10-12,16H,5,8-9,13H2,1H3,(H,21,23). The van der Waals surface area contributed by atoms with Crippen LogP contribution in [0.15, 0.2) is 48.5 Å². The van der Waals surface area contributed by atoms with E-state index in [9.17, 15) is 9.59 Å². The highest BCUT2D eigenvalue weighted by molar-refractivity contribution is 5.99. The molecule has 124 valence electrons. The van der Waals surface area contributed by atoms with Crippen LogP contribution >= 0.6 is 0 Å². The van der Waals surface area contributed by atoms with Crippen molar-refractivity contribution in [3.8, 4) is 5.75 Å². The average Bonchev–Trinajstić information content (AvgIpc) is 2.52. The molecule has 0 atom stereocenters. The van der Waals surface area contributed by atoms with Gasteiger partial charge >= 0.3 is 0 Å². The molecule has 0 heterocycles. The predicted octanol–water partition coefficient (Wildman–Crippen LogP) is 4.21. The van der Waals surface area contributed by atoms with Gasteiger partial charge < -0.3 is 10.1 Å². The van der Waals surface area contributed by atoms with Crippen LogP contribution in [0.4, 0.5) is 5.69 Å². The summed E-state index contributed by atoms with van der Waals surface area (Å²) in [5, 5.41) is 2.93. The van der Waals surface area contributed by atoms with E-state index >= 15 is 0 Å². The van der Waals surface area contributed by atoms with Gasteiger partial charge in [-0.05, 0) is 43.5 Å². The number of benzene rings is 2. The first-order valence-corrected chi connectivity index (χ1v) is 8.26. The van der Waals surface area contributed by atoms with Crippen molar-refractivity contribution < 1.29 is 14.3 Å². The fourth-order valence-corrected chi connectivity index (χ4v) is 2.61. The Morgan fingerprint density at radius 1 is 1.12 bits per heavy atom. The summed E-state index contributed by atoms with van der Waals surface area (Å²) in [4.78, 5) is 23.9. The first-order valence-electron chi connectivity index (χ1n) is 8.26. The molecule has 0 bridgehead atoms. The monoisotopic (exact) mass is 323 g/mol. The van der Waals surface area contributed by atoms with Crippen molar-refractivity contribution in [1.82, 2.24) is 0 Å². The van der Waals surface area contributed by atoms with Gasteiger partial charge in [-0.3, -0.25) is 9.59 Å². The van der Waals surface area contributed by atoms with Crippen LogP contribution in [0.1, 0.15) is 42.1 Å². The summed E-state index contributed by atoms with van der Waals surface area (Å²) in [6.07, 6.45) is 2.96. The van der Waals surface area contributed by atoms with E-state index in [0.29, 0.717) is 23.6 Å². The van der Waals surface area contributed by atoms with Crippen molar-refractivity contribution >= 4 is 17.4 Å². The maximum atomic E-state index is 12.3. The van der Waals surface area contributed by atoms with E-state index < -0.39 is 0 Å². The molecule has 1 aliphatic carbocycles. The number of ether oxygens (including phenoxy) is 1. The first-order chi connectivity index (χ1) is 11.6. The molecule has 0 radical (unpaired) electrons. The van der Waals surface area contributed by atoms with Crippen molar-refractivity contribution in [1.29, 1.82) is 0 Å². The average molecular weight is 323 g/mol. The molecule has 1 amide bonds. The maximum Gasteiger partial charge on any atom is 0.227 e. The number of hydrogen-bond acceptors (Lipinski definition) is 3. The van der Waals surface area contributed by atoms with E-state index in [-0.39, 0.29) is 17.6 Å². The Kier molecular flexibility index (Phi) is 4.94. The van der Waals surface area contributed by atoms with Crippen molar-refractivity contribution in [3.63, 3.8) is 0 Å². The summed E-state index contributed by atoms with van der Waals surface area (Å²) in [6, 6.07) is 15.0. The van der Waals surface area contributed by atoms with Crippen LogP contribution in [0.2, 0.25) is 0 Å². The second-order valence-corrected chi connectivity index (χ2v) is 6.16. The molecule has 0 saturated heterocycles. The van der Waals surface area contributed by atoms with E-state index in [1.807, 2.05) is 30.3 Å². The Labute approximate surface area is 141 Å². The lowest BCUT2D eigenvalue weighted by molar-refractivity contribution is -0.122. The number of ketones is 1. The molecule has 1 N–H and O–H groups in total. The highest BCUT2D eigenvalue weighted by atomic mass is 16.5. The van der Waals surface area contributed by atoms with Gasteiger partial charge in [-0.15, -0.1) is 0 Å². The Bertz CT molecular complexity index is 736. The van der Waals surface area contributed by atoms with Crippen molar-refractivity contribution in [3.05, 3.63) is 59.7 Å². The lowest BCUT2D eigenvalue weighted by atomic mass is 9.85. The number of hydrogen-bond donors (Lipinski definition) is 1. The first kappa shape index (κ1) is 16.2. The minimum atomic E-state index is -0.0382. The van der Waals surface area contributed by atoms with Crippen LogP contribution in [0.5, 0.6) is 5.75 Å². The summed E-state index contributed by atoms with van der Waals surface area (Å²) in [5.74, 6) is 0.625. The Morgan fingerprint density at radius 2 is 1.88 bits per heavy atom. The molecule has 3 rings (SSSR count). The summed E-state index contributed by atoms with van der Waals surface area (Å²) >= 11 is 0. The second-order valence-electron chi connectivity index (χ2n) is 6.16. The van der Waals surface area contributed by atoms with Crippen LogP contribution in [-0.2, 0) is 11.4 Å². The van der Waals surface area contributed by atoms with E-state index in [1.165, 1.54) is 6.92 Å². The Morgan fingerprint density at radius 3 is 2.50 bits per heavy atom. The molecule has 0 unspecified atom stereocenters. The lowest BCUT2D eigenvalue weighted by Crippen LogP contribution is -2.28. The van der Waals surface area contributed by atoms with Crippen LogP contribution < -0.4 is 10.1 Å². The molecule has 2 aromatic rings. The van der Waals surface area contributed by atoms with Crippen LogP contribution in [0.25, 0.3) is 0 Å². The lowest BCUT2D eigenvalue weighted by Gasteiger charge is -2.24. The molecule has 1 fully saturated rings. The van der Waals surface area contributed by atoms with Crippen molar-refractivity contribution in [2.75, 3.05) is 5.32 Å². The minimum absolute atomic E-state index is 0.00603. The summed E-state index contributed by atoms with van der Waals surface area (Å²) in [6.45, 7) is 1.92. The van der Waals surface area contributed by atoms with Gasteiger partial charge in [0.15, 0.2) is 5.78 Å². The van der Waals surface area contributed by atoms with Crippen LogP contribution in [-0.4, -0.2) is 11.7 Å². The molecule has 1 saturated carbocycles. The van der Waals surface area contributed by atoms with Gasteiger partial charge in [0.2, 0.25) is 5.91 Å². The number of carbonyl (C=O) groups is 2. The fraction of sp³-hybridized carbons (Fsp3) is 0.300. The van der Waals surface area contributed by atoms with Gasteiger partial charge in [-0.2, -0.15) is 0 Å². The number of nitrogens with one attached hydrogen (secondary N) is 1. The second kappa shape index (κ2) is 7.30. The maximum absolute atomic E-state index is 12.3. The SMILES string of the molecule is CC(=O)c1ccc(OCc2ccccc2)c(NC(=O)C2CCC2)c1. The Hall–Kier alpha value is -2.62. The summed E-state index contributed by atoms with van der Waals surface area (Å²) < 4.78 is 5.86. The van der Waals surface area contributed by atoms with E-state index in [0.717, 1.165) is 24.8 Å². The number of rotatable bonds is 6. The zero-order valence-corrected chi connectivity index (χ0v) is 13.7. The molecule has 0 aromatic heterocycles. The molecule has 4 nitrogen and oxygen atoms in total. The summed E-state index contributed by atoms with van der Waals surface area (Å²) in [5.41, 5.74) is 2.17. The van der Waals surface area contributed by atoms with Crippen LogP contribution in [0.3, 0.4) is 0 Å². The van der Waals surface area contributed by atoms with Gasteiger partial charge in [0, 0.05) is 11.5 Å². The number of Topliss-reactive ketones (excluding diaryl/α,β-unsaturated/α-hetero) is 1. The third-order valence-corrected chi connectivity index (χ3v) is 4.36. The normalized spacial score (nSPS) is 13.9. The quantitative estimate of drug-likeness (QED) is 0.810.